The molecule has 0 spiro atoms. The Balaban J connectivity index is 2.92. The lowest BCUT2D eigenvalue weighted by atomic mass is 10.2. The fourth-order valence-electron chi connectivity index (χ4n) is 1.49. The van der Waals surface area contributed by atoms with Crippen LogP contribution in [0.5, 0.6) is 0 Å². The van der Waals surface area contributed by atoms with Gasteiger partial charge >= 0.3 is 0 Å². The topological polar surface area (TPSA) is 42.2 Å². The van der Waals surface area contributed by atoms with Crippen LogP contribution in [-0.4, -0.2) is 23.1 Å². The lowest BCUT2D eigenvalue weighted by molar-refractivity contribution is 0.791. The lowest BCUT2D eigenvalue weighted by Gasteiger charge is -2.22. The molecule has 0 saturated carbocycles. The van der Waals surface area contributed by atoms with Crippen molar-refractivity contribution in [2.75, 3.05) is 18.0 Å². The SMILES string of the molecule is CCCN(CC)c1ccnc(C(N)=S)c1. The molecule has 0 fully saturated rings. The third-order valence-electron chi connectivity index (χ3n) is 2.24. The Labute approximate surface area is 96.3 Å². The van der Waals surface area contributed by atoms with E-state index < -0.39 is 0 Å². The van der Waals surface area contributed by atoms with Crippen molar-refractivity contribution in [3.8, 4) is 0 Å². The Morgan fingerprint density at radius 2 is 2.27 bits per heavy atom. The van der Waals surface area contributed by atoms with Crippen LogP contribution < -0.4 is 10.6 Å². The van der Waals surface area contributed by atoms with Crippen molar-refractivity contribution in [2.24, 2.45) is 5.73 Å². The highest BCUT2D eigenvalue weighted by Gasteiger charge is 2.05. The predicted octanol–water partition coefficient (Wildman–Crippen LogP) is 1.95. The number of nitrogens with zero attached hydrogens (tertiary/aromatic N) is 2. The molecule has 15 heavy (non-hydrogen) atoms. The standard InChI is InChI=1S/C11H17N3S/c1-3-7-14(4-2)9-5-6-13-10(8-9)11(12)15/h5-6,8H,3-4,7H2,1-2H3,(H2,12,15). The molecule has 0 amide bonds. The van der Waals surface area contributed by atoms with E-state index in [1.165, 1.54) is 0 Å². The first-order chi connectivity index (χ1) is 7.19. The van der Waals surface area contributed by atoms with Gasteiger partial charge in [-0.25, -0.2) is 0 Å². The van der Waals surface area contributed by atoms with Gasteiger partial charge in [0.05, 0.1) is 5.69 Å². The number of pyridine rings is 1. The summed E-state index contributed by atoms with van der Waals surface area (Å²) in [5, 5.41) is 0. The molecule has 1 heterocycles. The van der Waals surface area contributed by atoms with Crippen molar-refractivity contribution in [3.05, 3.63) is 24.0 Å². The number of hydrogen-bond donors (Lipinski definition) is 1. The van der Waals surface area contributed by atoms with E-state index in [2.05, 4.69) is 23.7 Å². The smallest absolute Gasteiger partial charge is 0.122 e. The number of aromatic nitrogens is 1. The van der Waals surface area contributed by atoms with E-state index in [9.17, 15) is 0 Å². The number of nitrogens with two attached hydrogens (primary N) is 1. The summed E-state index contributed by atoms with van der Waals surface area (Å²) in [6.07, 6.45) is 2.88. The monoisotopic (exact) mass is 223 g/mol. The molecule has 0 saturated heterocycles. The highest BCUT2D eigenvalue weighted by molar-refractivity contribution is 7.80. The van der Waals surface area contributed by atoms with Crippen LogP contribution in [0.25, 0.3) is 0 Å². The largest absolute Gasteiger partial charge is 0.388 e. The van der Waals surface area contributed by atoms with Crippen molar-refractivity contribution in [2.45, 2.75) is 20.3 Å². The quantitative estimate of drug-likeness (QED) is 0.775. The second-order valence-electron chi connectivity index (χ2n) is 3.34. The van der Waals surface area contributed by atoms with Crippen LogP contribution in [0.4, 0.5) is 5.69 Å². The Hall–Kier alpha value is -1.16. The zero-order chi connectivity index (χ0) is 11.3. The zero-order valence-electron chi connectivity index (χ0n) is 9.23. The summed E-state index contributed by atoms with van der Waals surface area (Å²) in [7, 11) is 0. The normalized spacial score (nSPS) is 10.0. The first-order valence-electron chi connectivity index (χ1n) is 5.19. The molecule has 0 aliphatic rings. The molecular weight excluding hydrogens is 206 g/mol. The highest BCUT2D eigenvalue weighted by atomic mass is 32.1. The van der Waals surface area contributed by atoms with E-state index >= 15 is 0 Å². The fourth-order valence-corrected chi connectivity index (χ4v) is 1.60. The summed E-state index contributed by atoms with van der Waals surface area (Å²) >= 11 is 4.91. The van der Waals surface area contributed by atoms with Crippen LogP contribution >= 0.6 is 12.2 Å². The minimum atomic E-state index is 0.351. The van der Waals surface area contributed by atoms with E-state index in [1.807, 2.05) is 12.1 Å². The maximum absolute atomic E-state index is 5.55. The Bertz CT molecular complexity index is 338. The summed E-state index contributed by atoms with van der Waals surface area (Å²) in [6, 6.07) is 3.93. The molecule has 4 heteroatoms. The molecule has 0 aliphatic carbocycles. The Morgan fingerprint density at radius 3 is 2.80 bits per heavy atom. The van der Waals surface area contributed by atoms with Gasteiger partial charge in [0, 0.05) is 25.0 Å². The van der Waals surface area contributed by atoms with Crippen LogP contribution in [0.3, 0.4) is 0 Å². The van der Waals surface area contributed by atoms with Crippen LogP contribution in [0, 0.1) is 0 Å². The van der Waals surface area contributed by atoms with E-state index in [4.69, 9.17) is 18.0 Å². The highest BCUT2D eigenvalue weighted by Crippen LogP contribution is 2.14. The molecule has 0 bridgehead atoms. The van der Waals surface area contributed by atoms with Crippen molar-refractivity contribution >= 4 is 22.9 Å². The molecule has 82 valence electrons. The third kappa shape index (κ3) is 3.16. The van der Waals surface area contributed by atoms with E-state index in [-0.39, 0.29) is 0 Å². The van der Waals surface area contributed by atoms with Gasteiger partial charge in [0.15, 0.2) is 0 Å². The van der Waals surface area contributed by atoms with Gasteiger partial charge in [0.1, 0.15) is 4.99 Å². The molecule has 0 aromatic carbocycles. The van der Waals surface area contributed by atoms with Crippen LogP contribution in [0.2, 0.25) is 0 Å². The molecule has 1 aromatic heterocycles. The van der Waals surface area contributed by atoms with Gasteiger partial charge in [-0.1, -0.05) is 19.1 Å². The maximum Gasteiger partial charge on any atom is 0.122 e. The second-order valence-corrected chi connectivity index (χ2v) is 3.78. The number of thiocarbonyl (C=S) groups is 1. The zero-order valence-corrected chi connectivity index (χ0v) is 10.0. The molecule has 0 unspecified atom stereocenters. The molecule has 1 rings (SSSR count). The van der Waals surface area contributed by atoms with Crippen molar-refractivity contribution in [3.63, 3.8) is 0 Å². The maximum atomic E-state index is 5.55. The lowest BCUT2D eigenvalue weighted by Crippen LogP contribution is -2.24. The van der Waals surface area contributed by atoms with Gasteiger partial charge in [-0.2, -0.15) is 0 Å². The first-order valence-corrected chi connectivity index (χ1v) is 5.60. The van der Waals surface area contributed by atoms with E-state index in [0.717, 1.165) is 25.2 Å². The van der Waals surface area contributed by atoms with Gasteiger partial charge < -0.3 is 10.6 Å². The van der Waals surface area contributed by atoms with Gasteiger partial charge in [-0.15, -0.1) is 0 Å². The van der Waals surface area contributed by atoms with Crippen LogP contribution in [0.1, 0.15) is 26.0 Å². The van der Waals surface area contributed by atoms with Crippen molar-refractivity contribution < 1.29 is 0 Å². The number of anilines is 1. The van der Waals surface area contributed by atoms with E-state index in [1.54, 1.807) is 6.20 Å². The average Bonchev–Trinajstić information content (AvgIpc) is 2.26. The van der Waals surface area contributed by atoms with E-state index in [0.29, 0.717) is 10.7 Å². The molecule has 1 aromatic rings. The number of hydrogen-bond acceptors (Lipinski definition) is 3. The molecule has 2 N–H and O–H groups in total. The third-order valence-corrected chi connectivity index (χ3v) is 2.45. The van der Waals surface area contributed by atoms with Gasteiger partial charge in [-0.05, 0) is 25.5 Å². The summed E-state index contributed by atoms with van der Waals surface area (Å²) in [5.74, 6) is 0. The molecule has 3 nitrogen and oxygen atoms in total. The Kier molecular flexibility index (Phi) is 4.49. The summed E-state index contributed by atoms with van der Waals surface area (Å²) in [4.78, 5) is 6.76. The summed E-state index contributed by atoms with van der Waals surface area (Å²) in [5.41, 5.74) is 7.38. The Morgan fingerprint density at radius 1 is 1.53 bits per heavy atom. The van der Waals surface area contributed by atoms with Gasteiger partial charge in [0.2, 0.25) is 0 Å². The average molecular weight is 223 g/mol. The second kappa shape index (κ2) is 5.66. The van der Waals surface area contributed by atoms with Crippen molar-refractivity contribution in [1.29, 1.82) is 0 Å². The fraction of sp³-hybridized carbons (Fsp3) is 0.455. The molecule has 0 radical (unpaired) electrons. The number of rotatable bonds is 5. The molecule has 0 aliphatic heterocycles. The van der Waals surface area contributed by atoms with Gasteiger partial charge in [0.25, 0.3) is 0 Å². The summed E-state index contributed by atoms with van der Waals surface area (Å²) in [6.45, 7) is 6.32. The molecule has 0 atom stereocenters. The first kappa shape index (κ1) is 11.9. The minimum absolute atomic E-state index is 0.351. The van der Waals surface area contributed by atoms with Crippen molar-refractivity contribution in [1.82, 2.24) is 4.98 Å². The van der Waals surface area contributed by atoms with Gasteiger partial charge in [-0.3, -0.25) is 4.98 Å². The minimum Gasteiger partial charge on any atom is -0.388 e. The van der Waals surface area contributed by atoms with Crippen LogP contribution in [-0.2, 0) is 0 Å². The molecular formula is C11H17N3S. The van der Waals surface area contributed by atoms with Crippen LogP contribution in [0.15, 0.2) is 18.3 Å². The predicted molar refractivity (Wildman–Crippen MR) is 68.3 cm³/mol. The summed E-state index contributed by atoms with van der Waals surface area (Å²) < 4.78 is 0.